The lowest BCUT2D eigenvalue weighted by Crippen LogP contribution is -2.02. The third-order valence-corrected chi connectivity index (χ3v) is 2.90. The maximum Gasteiger partial charge on any atom is 0.271 e. The Kier molecular flexibility index (Phi) is 4.14. The van der Waals surface area contributed by atoms with Crippen molar-refractivity contribution >= 4 is 23.0 Å². The second-order valence-electron chi connectivity index (χ2n) is 4.05. The smallest absolute Gasteiger partial charge is 0.271 e. The number of nitro groups is 1. The number of non-ortho nitro benzene ring substituents is 1. The molecule has 0 bridgehead atoms. The standard InChI is InChI=1S/C13H9ClF2N2O2/c14-12-2-1-11(18(19)20)6-13(12)17-7-8-3-9(15)5-10(16)4-8/h1-6,17H,7H2. The van der Waals surface area contributed by atoms with Crippen LogP contribution >= 0.6 is 11.6 Å². The summed E-state index contributed by atoms with van der Waals surface area (Å²) in [5.74, 6) is -1.38. The van der Waals surface area contributed by atoms with Crippen molar-refractivity contribution in [2.45, 2.75) is 6.54 Å². The van der Waals surface area contributed by atoms with Gasteiger partial charge in [-0.25, -0.2) is 8.78 Å². The number of rotatable bonds is 4. The number of benzene rings is 2. The molecule has 0 aromatic heterocycles. The van der Waals surface area contributed by atoms with Crippen molar-refractivity contribution in [3.63, 3.8) is 0 Å². The molecule has 0 saturated heterocycles. The van der Waals surface area contributed by atoms with Crippen LogP contribution in [0.3, 0.4) is 0 Å². The summed E-state index contributed by atoms with van der Waals surface area (Å²) in [6, 6.07) is 7.02. The Morgan fingerprint density at radius 1 is 1.15 bits per heavy atom. The second kappa shape index (κ2) is 5.83. The lowest BCUT2D eigenvalue weighted by atomic mass is 10.2. The molecular weight excluding hydrogens is 290 g/mol. The van der Waals surface area contributed by atoms with Gasteiger partial charge in [0, 0.05) is 24.7 Å². The van der Waals surface area contributed by atoms with E-state index in [1.807, 2.05) is 0 Å². The van der Waals surface area contributed by atoms with E-state index in [4.69, 9.17) is 11.6 Å². The first-order valence-corrected chi connectivity index (χ1v) is 5.96. The average molecular weight is 299 g/mol. The molecule has 2 aromatic rings. The lowest BCUT2D eigenvalue weighted by Gasteiger charge is -2.08. The Bertz CT molecular complexity index is 645. The number of nitro benzene ring substituents is 1. The summed E-state index contributed by atoms with van der Waals surface area (Å²) in [7, 11) is 0. The van der Waals surface area contributed by atoms with Crippen molar-refractivity contribution in [2.75, 3.05) is 5.32 Å². The van der Waals surface area contributed by atoms with E-state index >= 15 is 0 Å². The monoisotopic (exact) mass is 298 g/mol. The predicted molar refractivity (Wildman–Crippen MR) is 71.8 cm³/mol. The van der Waals surface area contributed by atoms with Crippen LogP contribution in [0.25, 0.3) is 0 Å². The number of halogens is 3. The number of hydrogen-bond acceptors (Lipinski definition) is 3. The molecule has 2 rings (SSSR count). The fourth-order valence-corrected chi connectivity index (χ4v) is 1.86. The van der Waals surface area contributed by atoms with Crippen LogP contribution in [0.5, 0.6) is 0 Å². The topological polar surface area (TPSA) is 55.2 Å². The van der Waals surface area contributed by atoms with Crippen LogP contribution in [0.2, 0.25) is 5.02 Å². The quantitative estimate of drug-likeness (QED) is 0.682. The molecule has 0 heterocycles. The Balaban J connectivity index is 2.18. The van der Waals surface area contributed by atoms with E-state index in [1.54, 1.807) is 0 Å². The summed E-state index contributed by atoms with van der Waals surface area (Å²) in [5.41, 5.74) is 0.568. The largest absolute Gasteiger partial charge is 0.380 e. The van der Waals surface area contributed by atoms with Gasteiger partial charge in [0.1, 0.15) is 11.6 Å². The van der Waals surface area contributed by atoms with Crippen LogP contribution in [0, 0.1) is 21.7 Å². The highest BCUT2D eigenvalue weighted by Crippen LogP contribution is 2.27. The maximum atomic E-state index is 13.0. The van der Waals surface area contributed by atoms with Crippen molar-refractivity contribution in [3.8, 4) is 0 Å². The van der Waals surface area contributed by atoms with E-state index in [0.29, 0.717) is 11.3 Å². The molecule has 0 radical (unpaired) electrons. The molecule has 0 fully saturated rings. The Hall–Kier alpha value is -2.21. The second-order valence-corrected chi connectivity index (χ2v) is 4.46. The first-order chi connectivity index (χ1) is 9.45. The van der Waals surface area contributed by atoms with Gasteiger partial charge in [-0.05, 0) is 23.8 Å². The zero-order valence-corrected chi connectivity index (χ0v) is 10.8. The van der Waals surface area contributed by atoms with Gasteiger partial charge in [0.05, 0.1) is 15.6 Å². The summed E-state index contributed by atoms with van der Waals surface area (Å²) < 4.78 is 26.0. The van der Waals surface area contributed by atoms with Crippen molar-refractivity contribution in [1.82, 2.24) is 0 Å². The van der Waals surface area contributed by atoms with E-state index in [2.05, 4.69) is 5.32 Å². The predicted octanol–water partition coefficient (Wildman–Crippen LogP) is 4.14. The maximum absolute atomic E-state index is 13.0. The van der Waals surface area contributed by atoms with Gasteiger partial charge in [-0.15, -0.1) is 0 Å². The summed E-state index contributed by atoms with van der Waals surface area (Å²) in [6.45, 7) is 0.0928. The van der Waals surface area contributed by atoms with Crippen LogP contribution in [0.4, 0.5) is 20.2 Å². The molecule has 0 spiro atoms. The number of anilines is 1. The minimum Gasteiger partial charge on any atom is -0.380 e. The number of nitrogens with one attached hydrogen (secondary N) is 1. The van der Waals surface area contributed by atoms with E-state index in [0.717, 1.165) is 6.07 Å². The molecule has 104 valence electrons. The van der Waals surface area contributed by atoms with Crippen LogP contribution in [-0.4, -0.2) is 4.92 Å². The Morgan fingerprint density at radius 3 is 2.40 bits per heavy atom. The summed E-state index contributed by atoms with van der Waals surface area (Å²) in [6.07, 6.45) is 0. The minimum atomic E-state index is -0.688. The fourth-order valence-electron chi connectivity index (χ4n) is 1.67. The fraction of sp³-hybridized carbons (Fsp3) is 0.0769. The third-order valence-electron chi connectivity index (χ3n) is 2.57. The molecule has 0 aliphatic rings. The summed E-state index contributed by atoms with van der Waals surface area (Å²) in [4.78, 5) is 10.1. The zero-order valence-electron chi connectivity index (χ0n) is 10.1. The first kappa shape index (κ1) is 14.2. The van der Waals surface area contributed by atoms with Crippen molar-refractivity contribution in [3.05, 3.63) is 68.7 Å². The summed E-state index contributed by atoms with van der Waals surface area (Å²) >= 11 is 5.90. The average Bonchev–Trinajstić information content (AvgIpc) is 2.36. The molecule has 4 nitrogen and oxygen atoms in total. The molecule has 0 aliphatic carbocycles. The van der Waals surface area contributed by atoms with Gasteiger partial charge in [-0.2, -0.15) is 0 Å². The summed E-state index contributed by atoms with van der Waals surface area (Å²) in [5, 5.41) is 13.8. The third kappa shape index (κ3) is 3.42. The van der Waals surface area contributed by atoms with Crippen LogP contribution < -0.4 is 5.32 Å². The van der Waals surface area contributed by atoms with Crippen LogP contribution in [0.1, 0.15) is 5.56 Å². The lowest BCUT2D eigenvalue weighted by molar-refractivity contribution is -0.384. The van der Waals surface area contributed by atoms with Gasteiger partial charge >= 0.3 is 0 Å². The number of hydrogen-bond donors (Lipinski definition) is 1. The van der Waals surface area contributed by atoms with Crippen molar-refractivity contribution in [1.29, 1.82) is 0 Å². The van der Waals surface area contributed by atoms with Gasteiger partial charge in [0.15, 0.2) is 0 Å². The van der Waals surface area contributed by atoms with E-state index in [-0.39, 0.29) is 17.3 Å². The highest BCUT2D eigenvalue weighted by molar-refractivity contribution is 6.33. The minimum absolute atomic E-state index is 0.0928. The highest BCUT2D eigenvalue weighted by atomic mass is 35.5. The molecule has 0 amide bonds. The molecule has 2 aromatic carbocycles. The molecule has 7 heteroatoms. The van der Waals surface area contributed by atoms with Crippen LogP contribution in [0.15, 0.2) is 36.4 Å². The van der Waals surface area contributed by atoms with E-state index in [1.165, 1.54) is 30.3 Å². The molecular formula is C13H9ClF2N2O2. The van der Waals surface area contributed by atoms with Gasteiger partial charge in [-0.1, -0.05) is 11.6 Å². The molecule has 0 saturated carbocycles. The molecule has 0 atom stereocenters. The van der Waals surface area contributed by atoms with E-state index in [9.17, 15) is 18.9 Å². The van der Waals surface area contributed by atoms with Crippen LogP contribution in [-0.2, 0) is 6.54 Å². The SMILES string of the molecule is O=[N+]([O-])c1ccc(Cl)c(NCc2cc(F)cc(F)c2)c1. The molecule has 1 N–H and O–H groups in total. The van der Waals surface area contributed by atoms with Gasteiger partial charge < -0.3 is 5.32 Å². The zero-order chi connectivity index (χ0) is 14.7. The Labute approximate surface area is 118 Å². The van der Waals surface area contributed by atoms with E-state index < -0.39 is 16.6 Å². The molecule has 0 aliphatic heterocycles. The van der Waals surface area contributed by atoms with Crippen molar-refractivity contribution in [2.24, 2.45) is 0 Å². The van der Waals surface area contributed by atoms with Gasteiger partial charge in [0.2, 0.25) is 0 Å². The normalized spacial score (nSPS) is 10.3. The highest BCUT2D eigenvalue weighted by Gasteiger charge is 2.10. The Morgan fingerprint density at radius 2 is 1.80 bits per heavy atom. The van der Waals surface area contributed by atoms with Crippen molar-refractivity contribution < 1.29 is 13.7 Å². The number of nitrogens with zero attached hydrogens (tertiary/aromatic N) is 1. The van der Waals surface area contributed by atoms with Gasteiger partial charge in [-0.3, -0.25) is 10.1 Å². The van der Waals surface area contributed by atoms with Gasteiger partial charge in [0.25, 0.3) is 5.69 Å². The molecule has 0 unspecified atom stereocenters. The molecule has 20 heavy (non-hydrogen) atoms. The first-order valence-electron chi connectivity index (χ1n) is 5.58.